The minimum absolute atomic E-state index is 0.0537. The van der Waals surface area contributed by atoms with Crippen LogP contribution in [0.5, 0.6) is 0 Å². The van der Waals surface area contributed by atoms with Crippen LogP contribution in [0, 0.1) is 6.85 Å². The van der Waals surface area contributed by atoms with E-state index in [0.29, 0.717) is 0 Å². The fourth-order valence-corrected chi connectivity index (χ4v) is 0.410. The van der Waals surface area contributed by atoms with E-state index in [4.69, 9.17) is 15.7 Å². The fraction of sp³-hybridized carbons (Fsp3) is 0.200. The van der Waals surface area contributed by atoms with Crippen molar-refractivity contribution in [2.24, 2.45) is 0 Å². The Labute approximate surface area is 56.8 Å². The molecule has 3 heteroatoms. The molecule has 0 saturated carbocycles. The summed E-state index contributed by atoms with van der Waals surface area (Å²) >= 11 is 5.36. The second-order valence-electron chi connectivity index (χ2n) is 1.24. The largest absolute Gasteiger partial charge is 0.226 e. The molecule has 0 amide bonds. The van der Waals surface area contributed by atoms with Crippen molar-refractivity contribution in [1.29, 1.82) is 0 Å². The van der Waals surface area contributed by atoms with Gasteiger partial charge in [0, 0.05) is 16.5 Å². The number of rotatable bonds is 0. The first-order valence-corrected chi connectivity index (χ1v) is 2.36. The number of nitrogens with zero attached hydrogens (tertiary/aromatic N) is 2. The van der Waals surface area contributed by atoms with E-state index in [1.807, 2.05) is 0 Å². The lowest BCUT2D eigenvalue weighted by molar-refractivity contribution is 1.13. The van der Waals surface area contributed by atoms with Crippen molar-refractivity contribution in [2.75, 3.05) is 0 Å². The summed E-state index contributed by atoms with van der Waals surface area (Å²) in [6, 6.07) is 0. The van der Waals surface area contributed by atoms with Gasteiger partial charge >= 0.3 is 0 Å². The van der Waals surface area contributed by atoms with E-state index in [9.17, 15) is 0 Å². The van der Waals surface area contributed by atoms with Crippen LogP contribution in [0.3, 0.4) is 0 Å². The molecule has 0 aliphatic rings. The minimum Gasteiger partial charge on any atom is -0.226 e. The molecule has 0 radical (unpaired) electrons. The van der Waals surface area contributed by atoms with Crippen molar-refractivity contribution in [3.05, 3.63) is 23.2 Å². The van der Waals surface area contributed by atoms with Crippen LogP contribution in [-0.4, -0.2) is 9.97 Å². The van der Waals surface area contributed by atoms with Crippen LogP contribution in [0.2, 0.25) is 5.28 Å². The van der Waals surface area contributed by atoms with Gasteiger partial charge in [-0.1, -0.05) is 0 Å². The lowest BCUT2D eigenvalue weighted by Crippen LogP contribution is -1.80. The molecular formula is C5H5ClN2. The summed E-state index contributed by atoms with van der Waals surface area (Å²) in [6.45, 7) is -2.15. The zero-order chi connectivity index (χ0) is 8.48. The van der Waals surface area contributed by atoms with Crippen molar-refractivity contribution in [3.8, 4) is 0 Å². The van der Waals surface area contributed by atoms with E-state index in [0.717, 1.165) is 0 Å². The summed E-state index contributed by atoms with van der Waals surface area (Å²) in [5, 5.41) is 0.0537. The van der Waals surface area contributed by atoms with Crippen LogP contribution >= 0.6 is 11.6 Å². The smallest absolute Gasteiger partial charge is 0.222 e. The average Bonchev–Trinajstić information content (AvgIpc) is 1.86. The fourth-order valence-electron chi connectivity index (χ4n) is 0.312. The van der Waals surface area contributed by atoms with Gasteiger partial charge in [0.15, 0.2) is 0 Å². The molecular weight excluding hydrogens is 124 g/mol. The Morgan fingerprint density at radius 1 is 1.62 bits per heavy atom. The molecule has 1 heterocycles. The summed E-state index contributed by atoms with van der Waals surface area (Å²) < 4.78 is 20.9. The molecule has 0 spiro atoms. The van der Waals surface area contributed by atoms with E-state index in [1.165, 1.54) is 12.4 Å². The average molecular weight is 132 g/mol. The maximum absolute atomic E-state index is 6.95. The molecule has 0 bridgehead atoms. The van der Waals surface area contributed by atoms with E-state index in [2.05, 4.69) is 9.97 Å². The number of aromatic nitrogens is 2. The topological polar surface area (TPSA) is 25.8 Å². The lowest BCUT2D eigenvalue weighted by atomic mass is 10.4. The van der Waals surface area contributed by atoms with Crippen LogP contribution in [0.4, 0.5) is 0 Å². The zero-order valence-electron chi connectivity index (χ0n) is 6.93. The Bertz CT molecular complexity index is 243. The predicted molar refractivity (Wildman–Crippen MR) is 31.8 cm³/mol. The van der Waals surface area contributed by atoms with Gasteiger partial charge in [0.25, 0.3) is 0 Å². The molecule has 0 aliphatic carbocycles. The number of aryl methyl sites for hydroxylation is 1. The first-order valence-electron chi connectivity index (χ1n) is 3.48. The molecule has 0 fully saturated rings. The highest BCUT2D eigenvalue weighted by molar-refractivity contribution is 6.28. The number of hydrogen-bond acceptors (Lipinski definition) is 2. The van der Waals surface area contributed by atoms with Gasteiger partial charge in [-0.3, -0.25) is 0 Å². The highest BCUT2D eigenvalue weighted by Crippen LogP contribution is 1.97. The van der Waals surface area contributed by atoms with Crippen molar-refractivity contribution in [1.82, 2.24) is 9.97 Å². The summed E-state index contributed by atoms with van der Waals surface area (Å²) in [5.74, 6) is 0. The van der Waals surface area contributed by atoms with E-state index in [1.54, 1.807) is 0 Å². The van der Waals surface area contributed by atoms with Crippen molar-refractivity contribution < 1.29 is 4.11 Å². The summed E-state index contributed by atoms with van der Waals surface area (Å²) in [6.07, 6.45) is 2.39. The Morgan fingerprint density at radius 3 is 2.75 bits per heavy atom. The molecule has 1 aromatic rings. The number of hydrogen-bond donors (Lipinski definition) is 0. The Kier molecular flexibility index (Phi) is 0.727. The van der Waals surface area contributed by atoms with Crippen molar-refractivity contribution in [2.45, 2.75) is 6.85 Å². The van der Waals surface area contributed by atoms with Gasteiger partial charge in [0.05, 0.1) is 0 Å². The van der Waals surface area contributed by atoms with Crippen LogP contribution in [0.1, 0.15) is 9.68 Å². The molecule has 0 aliphatic heterocycles. The number of halogens is 1. The quantitative estimate of drug-likeness (QED) is 0.498. The Morgan fingerprint density at radius 2 is 2.25 bits per heavy atom. The molecule has 0 unspecified atom stereocenters. The third kappa shape index (κ3) is 1.17. The molecule has 2 nitrogen and oxygen atoms in total. The van der Waals surface area contributed by atoms with Gasteiger partial charge in [-0.2, -0.15) is 0 Å². The molecule has 8 heavy (non-hydrogen) atoms. The minimum atomic E-state index is -2.15. The Hall–Kier alpha value is -0.630. The summed E-state index contributed by atoms with van der Waals surface area (Å²) in [5.41, 5.74) is 0.0990. The van der Waals surface area contributed by atoms with Gasteiger partial charge in [-0.25, -0.2) is 9.97 Å². The lowest BCUT2D eigenvalue weighted by Gasteiger charge is -1.86. The third-order valence-electron chi connectivity index (χ3n) is 0.620. The summed E-state index contributed by atoms with van der Waals surface area (Å²) in [7, 11) is 0. The van der Waals surface area contributed by atoms with Crippen LogP contribution in [-0.2, 0) is 0 Å². The van der Waals surface area contributed by atoms with Gasteiger partial charge in [-0.15, -0.1) is 0 Å². The van der Waals surface area contributed by atoms with Crippen molar-refractivity contribution in [3.63, 3.8) is 0 Å². The monoisotopic (exact) mass is 131 g/mol. The molecule has 0 N–H and O–H groups in total. The zero-order valence-corrected chi connectivity index (χ0v) is 4.68. The Balaban J connectivity index is 2.99. The maximum Gasteiger partial charge on any atom is 0.222 e. The standard InChI is InChI=1S/C5H5ClN2/c1-4-2-7-5(6)8-3-4/h2-3H,1H3/i1D3. The van der Waals surface area contributed by atoms with E-state index < -0.39 is 6.85 Å². The SMILES string of the molecule is [2H]C([2H])([2H])c1cnc(Cl)nc1. The maximum atomic E-state index is 6.95. The predicted octanol–water partition coefficient (Wildman–Crippen LogP) is 1.44. The highest BCUT2D eigenvalue weighted by atomic mass is 35.5. The third-order valence-corrected chi connectivity index (χ3v) is 0.816. The van der Waals surface area contributed by atoms with Crippen molar-refractivity contribution >= 4 is 11.6 Å². The van der Waals surface area contributed by atoms with E-state index >= 15 is 0 Å². The second kappa shape index (κ2) is 2.09. The van der Waals surface area contributed by atoms with Crippen LogP contribution < -0.4 is 0 Å². The van der Waals surface area contributed by atoms with Gasteiger partial charge in [0.1, 0.15) is 0 Å². The summed E-state index contributed by atoms with van der Waals surface area (Å²) in [4.78, 5) is 7.08. The molecule has 1 rings (SSSR count). The normalized spacial score (nSPS) is 16.4. The van der Waals surface area contributed by atoms with Gasteiger partial charge < -0.3 is 0 Å². The highest BCUT2D eigenvalue weighted by Gasteiger charge is 1.84. The van der Waals surface area contributed by atoms with E-state index in [-0.39, 0.29) is 10.8 Å². The first-order chi connectivity index (χ1) is 5.00. The first kappa shape index (κ1) is 2.78. The molecule has 42 valence electrons. The molecule has 0 atom stereocenters. The molecule has 0 aromatic carbocycles. The second-order valence-corrected chi connectivity index (χ2v) is 1.58. The molecule has 1 aromatic heterocycles. The van der Waals surface area contributed by atoms with Crippen LogP contribution in [0.25, 0.3) is 0 Å². The van der Waals surface area contributed by atoms with Crippen LogP contribution in [0.15, 0.2) is 12.4 Å². The molecule has 0 saturated heterocycles. The van der Waals surface area contributed by atoms with Gasteiger partial charge in [0.2, 0.25) is 5.28 Å². The van der Waals surface area contributed by atoms with Gasteiger partial charge in [-0.05, 0) is 24.0 Å².